The Kier molecular flexibility index (Phi) is 5.82. The molecule has 2 heterocycles. The maximum atomic E-state index is 13.4. The molecule has 1 aliphatic carbocycles. The van der Waals surface area contributed by atoms with E-state index in [-0.39, 0.29) is 29.8 Å². The van der Waals surface area contributed by atoms with Crippen LogP contribution in [0.15, 0.2) is 35.3 Å². The van der Waals surface area contributed by atoms with Crippen molar-refractivity contribution in [2.75, 3.05) is 27.2 Å². The van der Waals surface area contributed by atoms with Crippen LogP contribution in [-0.2, 0) is 22.6 Å². The highest BCUT2D eigenvalue weighted by molar-refractivity contribution is 5.97. The van der Waals surface area contributed by atoms with Crippen LogP contribution in [0.2, 0.25) is 0 Å². The summed E-state index contributed by atoms with van der Waals surface area (Å²) in [7, 11) is 2.93. The summed E-state index contributed by atoms with van der Waals surface area (Å²) in [6, 6.07) is 5.40. The van der Waals surface area contributed by atoms with Gasteiger partial charge >= 0.3 is 0 Å². The summed E-state index contributed by atoms with van der Waals surface area (Å²) < 4.78 is 14.7. The van der Waals surface area contributed by atoms with Crippen LogP contribution in [0.4, 0.5) is 4.39 Å². The number of hydrogen-bond acceptors (Lipinski definition) is 4. The van der Waals surface area contributed by atoms with Crippen molar-refractivity contribution in [3.63, 3.8) is 0 Å². The molecule has 1 fully saturated rings. The Bertz CT molecular complexity index is 1140. The van der Waals surface area contributed by atoms with Crippen molar-refractivity contribution in [3.05, 3.63) is 63.3 Å². The molecule has 9 heteroatoms. The minimum atomic E-state index is -0.562. The lowest BCUT2D eigenvalue weighted by atomic mass is 9.95. The van der Waals surface area contributed by atoms with E-state index in [4.69, 9.17) is 0 Å². The molecule has 0 radical (unpaired) electrons. The standard InChI is InChI=1S/C23H25FN4O4/c1-25-19(29)13-26(2)22(31)20-18-9-10-27(21(30)14-3-4-14)11-15(18)12-28(23(20)32)17-7-5-16(24)6-8-17/h5-8,12,14H,3-4,9-11,13H2,1-2H3,(H,25,29). The molecule has 3 amide bonds. The van der Waals surface area contributed by atoms with Crippen LogP contribution >= 0.6 is 0 Å². The van der Waals surface area contributed by atoms with Crippen LogP contribution in [-0.4, -0.2) is 59.3 Å². The molecule has 4 rings (SSSR count). The van der Waals surface area contributed by atoms with Crippen LogP contribution in [0.1, 0.15) is 34.3 Å². The monoisotopic (exact) mass is 440 g/mol. The first kappa shape index (κ1) is 21.7. The molecule has 0 unspecified atom stereocenters. The predicted molar refractivity (Wildman–Crippen MR) is 115 cm³/mol. The normalized spacial score (nSPS) is 15.2. The third-order valence-corrected chi connectivity index (χ3v) is 5.96. The number of halogens is 1. The van der Waals surface area contributed by atoms with E-state index in [1.54, 1.807) is 11.1 Å². The van der Waals surface area contributed by atoms with Crippen LogP contribution in [0, 0.1) is 11.7 Å². The lowest BCUT2D eigenvalue weighted by Gasteiger charge is -2.31. The van der Waals surface area contributed by atoms with Crippen LogP contribution < -0.4 is 10.9 Å². The van der Waals surface area contributed by atoms with E-state index in [1.807, 2.05) is 0 Å². The minimum absolute atomic E-state index is 0.0169. The van der Waals surface area contributed by atoms with Crippen LogP contribution in [0.3, 0.4) is 0 Å². The number of pyridine rings is 1. The van der Waals surface area contributed by atoms with Crippen molar-refractivity contribution in [2.45, 2.75) is 25.8 Å². The number of likely N-dealkylation sites (N-methyl/N-ethyl adjacent to an activating group) is 2. The van der Waals surface area contributed by atoms with Gasteiger partial charge in [-0.05, 0) is 54.7 Å². The Balaban J connectivity index is 1.79. The molecule has 0 spiro atoms. The smallest absolute Gasteiger partial charge is 0.268 e. The molecule has 0 atom stereocenters. The fraction of sp³-hybridized carbons (Fsp3) is 0.391. The van der Waals surface area contributed by atoms with Crippen molar-refractivity contribution in [2.24, 2.45) is 5.92 Å². The zero-order valence-corrected chi connectivity index (χ0v) is 18.1. The van der Waals surface area contributed by atoms with Gasteiger partial charge in [-0.15, -0.1) is 0 Å². The maximum absolute atomic E-state index is 13.4. The van der Waals surface area contributed by atoms with E-state index in [9.17, 15) is 23.6 Å². The molecule has 168 valence electrons. The molecule has 0 saturated heterocycles. The molecule has 1 saturated carbocycles. The van der Waals surface area contributed by atoms with Crippen molar-refractivity contribution < 1.29 is 18.8 Å². The molecule has 32 heavy (non-hydrogen) atoms. The molecule has 2 aliphatic rings. The minimum Gasteiger partial charge on any atom is -0.358 e. The van der Waals surface area contributed by atoms with Gasteiger partial charge in [0.05, 0.1) is 6.54 Å². The van der Waals surface area contributed by atoms with Gasteiger partial charge in [-0.25, -0.2) is 4.39 Å². The number of carbonyl (C=O) groups excluding carboxylic acids is 3. The Hall–Kier alpha value is -3.49. The van der Waals surface area contributed by atoms with E-state index in [2.05, 4.69) is 5.32 Å². The number of nitrogens with zero attached hydrogens (tertiary/aromatic N) is 3. The predicted octanol–water partition coefficient (Wildman–Crippen LogP) is 1.09. The van der Waals surface area contributed by atoms with Gasteiger partial charge in [-0.1, -0.05) is 0 Å². The number of nitrogens with one attached hydrogen (secondary N) is 1. The summed E-state index contributed by atoms with van der Waals surface area (Å²) in [6.07, 6.45) is 3.80. The van der Waals surface area contributed by atoms with E-state index >= 15 is 0 Å². The third kappa shape index (κ3) is 4.15. The molecule has 1 aliphatic heterocycles. The number of fused-ring (bicyclic) bond motifs is 1. The largest absolute Gasteiger partial charge is 0.358 e. The van der Waals surface area contributed by atoms with Gasteiger partial charge < -0.3 is 15.1 Å². The molecule has 1 aromatic carbocycles. The fourth-order valence-corrected chi connectivity index (χ4v) is 4.00. The Morgan fingerprint density at radius 2 is 1.88 bits per heavy atom. The summed E-state index contributed by atoms with van der Waals surface area (Å²) in [5, 5.41) is 2.46. The third-order valence-electron chi connectivity index (χ3n) is 5.96. The van der Waals surface area contributed by atoms with Gasteiger partial charge in [-0.2, -0.15) is 0 Å². The summed E-state index contributed by atoms with van der Waals surface area (Å²) in [6.45, 7) is 0.536. The van der Waals surface area contributed by atoms with Gasteiger partial charge in [0, 0.05) is 45.0 Å². The molecule has 2 aromatic rings. The zero-order valence-electron chi connectivity index (χ0n) is 18.1. The van der Waals surface area contributed by atoms with Crippen molar-refractivity contribution in [1.82, 2.24) is 19.7 Å². The second-order valence-corrected chi connectivity index (χ2v) is 8.28. The van der Waals surface area contributed by atoms with E-state index in [0.717, 1.165) is 12.8 Å². The van der Waals surface area contributed by atoms with Gasteiger partial charge in [0.25, 0.3) is 11.5 Å². The molecular weight excluding hydrogens is 415 g/mol. The maximum Gasteiger partial charge on any atom is 0.268 e. The van der Waals surface area contributed by atoms with Crippen LogP contribution in [0.5, 0.6) is 0 Å². The highest BCUT2D eigenvalue weighted by atomic mass is 19.1. The van der Waals surface area contributed by atoms with E-state index in [0.29, 0.717) is 36.3 Å². The Morgan fingerprint density at radius 1 is 1.19 bits per heavy atom. The number of hydrogen-bond donors (Lipinski definition) is 1. The molecule has 0 bridgehead atoms. The molecular formula is C23H25FN4O4. The number of benzene rings is 1. The molecule has 8 nitrogen and oxygen atoms in total. The van der Waals surface area contributed by atoms with Crippen molar-refractivity contribution in [3.8, 4) is 5.69 Å². The average molecular weight is 440 g/mol. The van der Waals surface area contributed by atoms with Crippen LogP contribution in [0.25, 0.3) is 5.69 Å². The topological polar surface area (TPSA) is 91.7 Å². The highest BCUT2D eigenvalue weighted by Gasteiger charge is 2.36. The molecule has 1 aromatic heterocycles. The summed E-state index contributed by atoms with van der Waals surface area (Å²) in [5.74, 6) is -1.19. The first-order chi connectivity index (χ1) is 15.3. The first-order valence-corrected chi connectivity index (χ1v) is 10.6. The van der Waals surface area contributed by atoms with E-state index < -0.39 is 17.3 Å². The van der Waals surface area contributed by atoms with Gasteiger partial charge in [-0.3, -0.25) is 23.7 Å². The Labute approximate surface area is 184 Å². The van der Waals surface area contributed by atoms with E-state index in [1.165, 1.54) is 47.8 Å². The number of aromatic nitrogens is 1. The SMILES string of the molecule is CNC(=O)CN(C)C(=O)c1c2c(cn(-c3ccc(F)cc3)c1=O)CN(C(=O)C1CC1)CC2. The van der Waals surface area contributed by atoms with Gasteiger partial charge in [0.2, 0.25) is 11.8 Å². The number of carbonyl (C=O) groups is 3. The number of rotatable bonds is 5. The highest BCUT2D eigenvalue weighted by Crippen LogP contribution is 2.33. The van der Waals surface area contributed by atoms with Crippen molar-refractivity contribution >= 4 is 17.7 Å². The van der Waals surface area contributed by atoms with Gasteiger partial charge in [0.1, 0.15) is 11.4 Å². The molecule has 1 N–H and O–H groups in total. The Morgan fingerprint density at radius 3 is 2.50 bits per heavy atom. The first-order valence-electron chi connectivity index (χ1n) is 10.6. The lowest BCUT2D eigenvalue weighted by Crippen LogP contribution is -2.43. The summed E-state index contributed by atoms with van der Waals surface area (Å²) in [4.78, 5) is 54.0. The second-order valence-electron chi connectivity index (χ2n) is 8.28. The second kappa shape index (κ2) is 8.57. The fourth-order valence-electron chi connectivity index (χ4n) is 4.00. The average Bonchev–Trinajstić information content (AvgIpc) is 3.63. The number of amides is 3. The summed E-state index contributed by atoms with van der Waals surface area (Å²) in [5.41, 5.74) is 1.16. The lowest BCUT2D eigenvalue weighted by molar-refractivity contribution is -0.133. The summed E-state index contributed by atoms with van der Waals surface area (Å²) >= 11 is 0. The van der Waals surface area contributed by atoms with Gasteiger partial charge in [0.15, 0.2) is 0 Å². The van der Waals surface area contributed by atoms with Crippen molar-refractivity contribution in [1.29, 1.82) is 0 Å². The zero-order chi connectivity index (χ0) is 23.0. The quantitative estimate of drug-likeness (QED) is 0.754.